The Morgan fingerprint density at radius 1 is 1.36 bits per heavy atom. The smallest absolute Gasteiger partial charge is 0.151 e. The van der Waals surface area contributed by atoms with E-state index in [-0.39, 0.29) is 5.78 Å². The van der Waals surface area contributed by atoms with Crippen LogP contribution >= 0.6 is 0 Å². The number of carbonyl (C=O) groups excluding carboxylic acids is 1. The second-order valence-electron chi connectivity index (χ2n) is 3.31. The molecule has 0 aliphatic rings. The van der Waals surface area contributed by atoms with Crippen LogP contribution in [0, 0.1) is 0 Å². The minimum atomic E-state index is -1.16. The molecule has 11 heavy (non-hydrogen) atoms. The highest BCUT2D eigenvalue weighted by atomic mass is 28.3. The van der Waals surface area contributed by atoms with E-state index in [1.54, 1.807) is 13.0 Å². The molecule has 0 saturated heterocycles. The minimum Gasteiger partial charge on any atom is -0.295 e. The first-order valence-corrected chi connectivity index (χ1v) is 7.23. The van der Waals surface area contributed by atoms with Crippen molar-refractivity contribution in [3.63, 3.8) is 0 Å². The van der Waals surface area contributed by atoms with Gasteiger partial charge in [-0.25, -0.2) is 0 Å². The van der Waals surface area contributed by atoms with E-state index in [9.17, 15) is 4.79 Å². The number of carbonyl (C=O) groups is 1. The summed E-state index contributed by atoms with van der Waals surface area (Å²) in [6, 6.07) is 2.46. The Morgan fingerprint density at radius 2 is 1.82 bits per heavy atom. The van der Waals surface area contributed by atoms with Gasteiger partial charge >= 0.3 is 0 Å². The molecule has 0 N–H and O–H groups in total. The average molecular weight is 170 g/mol. The highest BCUT2D eigenvalue weighted by Gasteiger charge is 2.17. The molecule has 0 spiro atoms. The Morgan fingerprint density at radius 3 is 2.09 bits per heavy atom. The van der Waals surface area contributed by atoms with Crippen molar-refractivity contribution in [1.29, 1.82) is 0 Å². The Bertz CT molecular complexity index is 157. The fourth-order valence-electron chi connectivity index (χ4n) is 0.804. The van der Waals surface area contributed by atoms with Crippen LogP contribution in [-0.4, -0.2) is 13.9 Å². The van der Waals surface area contributed by atoms with E-state index in [1.165, 1.54) is 12.1 Å². The van der Waals surface area contributed by atoms with Gasteiger partial charge in [0.1, 0.15) is 0 Å². The van der Waals surface area contributed by atoms with Gasteiger partial charge in [-0.3, -0.25) is 4.79 Å². The van der Waals surface area contributed by atoms with E-state index < -0.39 is 8.07 Å². The quantitative estimate of drug-likeness (QED) is 0.468. The second kappa shape index (κ2) is 4.49. The zero-order chi connectivity index (χ0) is 8.91. The molecule has 0 bridgehead atoms. The summed E-state index contributed by atoms with van der Waals surface area (Å²) < 4.78 is 0. The number of hydrogen-bond acceptors (Lipinski definition) is 1. The van der Waals surface area contributed by atoms with Gasteiger partial charge in [0, 0.05) is 0 Å². The van der Waals surface area contributed by atoms with Gasteiger partial charge in [0.2, 0.25) is 0 Å². The Kier molecular flexibility index (Phi) is 4.34. The van der Waals surface area contributed by atoms with Gasteiger partial charge in [0.05, 0.1) is 8.07 Å². The van der Waals surface area contributed by atoms with Gasteiger partial charge in [-0.05, 0) is 13.0 Å². The van der Waals surface area contributed by atoms with Gasteiger partial charge in [0.25, 0.3) is 0 Å². The fraction of sp³-hybridized carbons (Fsp3) is 0.667. The van der Waals surface area contributed by atoms with Crippen LogP contribution in [-0.2, 0) is 4.79 Å². The van der Waals surface area contributed by atoms with E-state index in [1.807, 2.05) is 0 Å². The van der Waals surface area contributed by atoms with Gasteiger partial charge in [-0.1, -0.05) is 38.2 Å². The summed E-state index contributed by atoms with van der Waals surface area (Å²) in [5.74, 6) is 0.172. The molecule has 0 atom stereocenters. The van der Waals surface area contributed by atoms with E-state index >= 15 is 0 Å². The Balaban J connectivity index is 4.17. The molecular weight excluding hydrogens is 152 g/mol. The summed E-state index contributed by atoms with van der Waals surface area (Å²) in [7, 11) is -1.16. The lowest BCUT2D eigenvalue weighted by Gasteiger charge is -2.18. The number of hydrogen-bond donors (Lipinski definition) is 0. The first-order chi connectivity index (χ1) is 5.04. The van der Waals surface area contributed by atoms with Crippen LogP contribution < -0.4 is 0 Å². The fourth-order valence-corrected chi connectivity index (χ4v) is 2.41. The van der Waals surface area contributed by atoms with Crippen molar-refractivity contribution < 1.29 is 4.79 Å². The third kappa shape index (κ3) is 4.14. The molecular formula is C9H18OSi. The van der Waals surface area contributed by atoms with Crippen LogP contribution in [0.3, 0.4) is 0 Å². The molecule has 0 aromatic carbocycles. The van der Waals surface area contributed by atoms with E-state index in [0.29, 0.717) is 0 Å². The lowest BCUT2D eigenvalue weighted by atomic mass is 10.5. The predicted octanol–water partition coefficient (Wildman–Crippen LogP) is 2.79. The third-order valence-electron chi connectivity index (χ3n) is 2.34. The van der Waals surface area contributed by atoms with Crippen molar-refractivity contribution in [2.24, 2.45) is 0 Å². The van der Waals surface area contributed by atoms with Crippen molar-refractivity contribution in [3.05, 3.63) is 11.8 Å². The summed E-state index contributed by atoms with van der Waals surface area (Å²) >= 11 is 0. The molecule has 1 nitrogen and oxygen atoms in total. The summed E-state index contributed by atoms with van der Waals surface area (Å²) in [6.07, 6.45) is 1.74. The van der Waals surface area contributed by atoms with Crippen LogP contribution in [0.2, 0.25) is 18.6 Å². The molecule has 0 saturated carbocycles. The van der Waals surface area contributed by atoms with Crippen LogP contribution in [0.25, 0.3) is 0 Å². The molecule has 0 aliphatic heterocycles. The SMILES string of the molecule is CC[Si](C)(/C=C\C(C)=O)CC. The standard InChI is InChI=1S/C9H18OSi/c1-5-11(4,6-2)8-7-9(3)10/h7-8H,5-6H2,1-4H3/b8-7-. The maximum absolute atomic E-state index is 10.7. The topological polar surface area (TPSA) is 17.1 Å². The molecule has 0 amide bonds. The number of ketones is 1. The van der Waals surface area contributed by atoms with Gasteiger partial charge < -0.3 is 0 Å². The van der Waals surface area contributed by atoms with Crippen LogP contribution in [0.1, 0.15) is 20.8 Å². The summed E-state index contributed by atoms with van der Waals surface area (Å²) in [6.45, 7) is 8.34. The van der Waals surface area contributed by atoms with Gasteiger partial charge in [0.15, 0.2) is 5.78 Å². The molecule has 64 valence electrons. The molecule has 2 heteroatoms. The zero-order valence-electron chi connectivity index (χ0n) is 7.98. The largest absolute Gasteiger partial charge is 0.295 e. The van der Waals surface area contributed by atoms with Crippen molar-refractivity contribution >= 4 is 13.9 Å². The number of rotatable bonds is 4. The molecule has 0 aromatic heterocycles. The van der Waals surface area contributed by atoms with E-state index in [4.69, 9.17) is 0 Å². The van der Waals surface area contributed by atoms with Crippen LogP contribution in [0.5, 0.6) is 0 Å². The van der Waals surface area contributed by atoms with Crippen molar-refractivity contribution in [3.8, 4) is 0 Å². The maximum Gasteiger partial charge on any atom is 0.151 e. The number of allylic oxidation sites excluding steroid dienone is 1. The lowest BCUT2D eigenvalue weighted by Crippen LogP contribution is -2.24. The zero-order valence-corrected chi connectivity index (χ0v) is 8.98. The van der Waals surface area contributed by atoms with Gasteiger partial charge in [-0.15, -0.1) is 0 Å². The van der Waals surface area contributed by atoms with Crippen LogP contribution in [0.4, 0.5) is 0 Å². The highest BCUT2D eigenvalue weighted by Crippen LogP contribution is 2.15. The molecule has 0 rings (SSSR count). The second-order valence-corrected chi connectivity index (χ2v) is 8.36. The summed E-state index contributed by atoms with van der Waals surface area (Å²) in [5, 5.41) is 0. The molecule has 0 radical (unpaired) electrons. The van der Waals surface area contributed by atoms with Crippen molar-refractivity contribution in [2.45, 2.75) is 39.4 Å². The third-order valence-corrected chi connectivity index (χ3v) is 6.54. The lowest BCUT2D eigenvalue weighted by molar-refractivity contribution is -0.112. The molecule has 0 heterocycles. The van der Waals surface area contributed by atoms with E-state index in [2.05, 4.69) is 26.1 Å². The monoisotopic (exact) mass is 170 g/mol. The summed E-state index contributed by atoms with van der Waals surface area (Å²) in [4.78, 5) is 10.7. The molecule has 0 fully saturated rings. The molecule has 0 unspecified atom stereocenters. The highest BCUT2D eigenvalue weighted by molar-refractivity contribution is 6.83. The van der Waals surface area contributed by atoms with E-state index in [0.717, 1.165) is 0 Å². The first kappa shape index (κ1) is 10.6. The van der Waals surface area contributed by atoms with Crippen LogP contribution in [0.15, 0.2) is 11.8 Å². The maximum atomic E-state index is 10.7. The van der Waals surface area contributed by atoms with Gasteiger partial charge in [-0.2, -0.15) is 0 Å². The molecule has 0 aromatic rings. The van der Waals surface area contributed by atoms with Crippen molar-refractivity contribution in [2.75, 3.05) is 0 Å². The van der Waals surface area contributed by atoms with Crippen molar-refractivity contribution in [1.82, 2.24) is 0 Å². The predicted molar refractivity (Wildman–Crippen MR) is 52.4 cm³/mol. The Hall–Kier alpha value is -0.373. The normalized spacial score (nSPS) is 12.4. The minimum absolute atomic E-state index is 0.172. The average Bonchev–Trinajstić information content (AvgIpc) is 2.00. The summed E-state index contributed by atoms with van der Waals surface area (Å²) in [5.41, 5.74) is 2.16. The molecule has 0 aliphatic carbocycles. The Labute approximate surface area is 70.5 Å². The first-order valence-electron chi connectivity index (χ1n) is 4.24.